The van der Waals surface area contributed by atoms with Gasteiger partial charge in [-0.05, 0) is 0 Å². The quantitative estimate of drug-likeness (QED) is 0.330. The summed E-state index contributed by atoms with van der Waals surface area (Å²) in [5.41, 5.74) is 0. The molecule has 46 valence electrons. The minimum atomic E-state index is 0. The van der Waals surface area contributed by atoms with Crippen molar-refractivity contribution in [1.82, 2.24) is 0 Å². The van der Waals surface area contributed by atoms with Gasteiger partial charge in [-0.1, -0.05) is 0 Å². The van der Waals surface area contributed by atoms with Crippen LogP contribution in [0.1, 0.15) is 0 Å². The van der Waals surface area contributed by atoms with Gasteiger partial charge < -0.3 is 0 Å². The van der Waals surface area contributed by atoms with Crippen LogP contribution in [0.4, 0.5) is 0 Å². The third-order valence-electron chi connectivity index (χ3n) is 0. The van der Waals surface area contributed by atoms with Gasteiger partial charge in [0.2, 0.25) is 0 Å². The van der Waals surface area contributed by atoms with Crippen molar-refractivity contribution in [2.75, 3.05) is 0 Å². The molecule has 6 heavy (non-hydrogen) atoms. The van der Waals surface area contributed by atoms with E-state index in [2.05, 4.69) is 0 Å². The van der Waals surface area contributed by atoms with Crippen LogP contribution in [0.3, 0.4) is 0 Å². The Labute approximate surface area is 137 Å². The van der Waals surface area contributed by atoms with Crippen LogP contribution in [-0.2, 0) is 21.1 Å². The molecule has 0 aromatic carbocycles. The largest absolute Gasteiger partial charge is 0.107 e. The molecule has 0 aromatic rings. The van der Waals surface area contributed by atoms with Crippen molar-refractivity contribution in [3.05, 3.63) is 0 Å². The number of halogens is 5. The Bertz CT molecular complexity index is 3.90. The van der Waals surface area contributed by atoms with E-state index in [-0.39, 0.29) is 141 Å². The van der Waals surface area contributed by atoms with Gasteiger partial charge >= 0.3 is 0 Å². The van der Waals surface area contributed by atoms with Crippen LogP contribution in [-0.4, -0.2) is 0 Å². The second kappa shape index (κ2) is 34.5. The zero-order valence-corrected chi connectivity index (χ0v) is 17.0. The van der Waals surface area contributed by atoms with Gasteiger partial charge in [0.1, 0.15) is 0 Å². The number of hydrogen-bond donors (Lipinski definition) is 0. The Morgan fingerprint density at radius 1 is 0.333 bits per heavy atom. The summed E-state index contributed by atoms with van der Waals surface area (Å²) >= 11 is 0. The van der Waals surface area contributed by atoms with Gasteiger partial charge in [-0.2, -0.15) is 0 Å². The second-order valence-corrected chi connectivity index (χ2v) is 0. The molecular weight excluding hydrogens is 818 g/mol. The van der Waals surface area contributed by atoms with E-state index in [4.69, 9.17) is 0 Å². The standard InChI is InChI=1S/5HI.W/h5*1H;. The Hall–Kier alpha value is 4.34. The zero-order valence-electron chi connectivity index (χ0n) is 2.45. The first kappa shape index (κ1) is 47.9. The van der Waals surface area contributed by atoms with Crippen LogP contribution in [0.15, 0.2) is 0 Å². The molecule has 0 atom stereocenters. The van der Waals surface area contributed by atoms with Crippen LogP contribution in [0, 0.1) is 0 Å². The summed E-state index contributed by atoms with van der Waals surface area (Å²) in [5.74, 6) is 0. The van der Waals surface area contributed by atoms with Crippen LogP contribution < -0.4 is 0 Å². The number of rotatable bonds is 0. The van der Waals surface area contributed by atoms with E-state index in [1.54, 1.807) is 0 Å². The molecule has 0 amide bonds. The first-order chi connectivity index (χ1) is 0. The summed E-state index contributed by atoms with van der Waals surface area (Å²) in [6, 6.07) is 0. The molecule has 0 aliphatic carbocycles. The minimum absolute atomic E-state index is 0. The molecule has 0 bridgehead atoms. The maximum Gasteiger partial charge on any atom is 0 e. The molecule has 0 rings (SSSR count). The van der Waals surface area contributed by atoms with Crippen LogP contribution in [0.5, 0.6) is 0 Å². The van der Waals surface area contributed by atoms with E-state index in [1.807, 2.05) is 0 Å². The van der Waals surface area contributed by atoms with Crippen molar-refractivity contribution in [3.63, 3.8) is 0 Å². The molecule has 6 heteroatoms. The third-order valence-corrected chi connectivity index (χ3v) is 0. The van der Waals surface area contributed by atoms with Crippen LogP contribution in [0.25, 0.3) is 0 Å². The summed E-state index contributed by atoms with van der Waals surface area (Å²) in [7, 11) is 0. The Balaban J connectivity index is 0. The van der Waals surface area contributed by atoms with Crippen LogP contribution in [0.2, 0.25) is 0 Å². The average Bonchev–Trinajstić information content (AvgIpc) is 0. The van der Waals surface area contributed by atoms with E-state index < -0.39 is 0 Å². The predicted molar refractivity (Wildman–Crippen MR) is 77.1 cm³/mol. The smallest absolute Gasteiger partial charge is 0 e. The fraction of sp³-hybridized carbons (Fsp3) is 0. The molecule has 0 saturated heterocycles. The molecule has 0 saturated carbocycles. The predicted octanol–water partition coefficient (Wildman–Crippen LogP) is 3.09. The normalized spacial score (nSPS) is 0. The summed E-state index contributed by atoms with van der Waals surface area (Å²) in [6.45, 7) is 0. The van der Waals surface area contributed by atoms with E-state index in [1.165, 1.54) is 0 Å². The SMILES string of the molecule is I.I.I.I.I.[W]. The minimum Gasteiger partial charge on any atom is -0.107 e. The average molecular weight is 823 g/mol. The molecule has 0 N–H and O–H groups in total. The van der Waals surface area contributed by atoms with Gasteiger partial charge in [0.25, 0.3) is 0 Å². The summed E-state index contributed by atoms with van der Waals surface area (Å²) < 4.78 is 0. The molecule has 0 spiro atoms. The zero-order chi connectivity index (χ0) is 0. The molecule has 0 aliphatic rings. The molecule has 0 aromatic heterocycles. The van der Waals surface area contributed by atoms with Gasteiger partial charge in [-0.15, -0.1) is 120 Å². The van der Waals surface area contributed by atoms with Crippen molar-refractivity contribution in [2.24, 2.45) is 0 Å². The summed E-state index contributed by atoms with van der Waals surface area (Å²) in [4.78, 5) is 0. The maximum absolute atomic E-state index is 0. The first-order valence-electron chi connectivity index (χ1n) is 0. The monoisotopic (exact) mass is 824 g/mol. The van der Waals surface area contributed by atoms with Crippen molar-refractivity contribution in [3.8, 4) is 0 Å². The van der Waals surface area contributed by atoms with E-state index in [0.29, 0.717) is 0 Å². The number of hydrogen-bond acceptors (Lipinski definition) is 0. The molecule has 0 unspecified atom stereocenters. The van der Waals surface area contributed by atoms with Gasteiger partial charge in [0.05, 0.1) is 0 Å². The van der Waals surface area contributed by atoms with Crippen molar-refractivity contribution in [2.45, 2.75) is 0 Å². The maximum atomic E-state index is 0. The second-order valence-electron chi connectivity index (χ2n) is 0. The van der Waals surface area contributed by atoms with Crippen molar-refractivity contribution in [1.29, 1.82) is 0 Å². The van der Waals surface area contributed by atoms with Gasteiger partial charge in [-0.25, -0.2) is 0 Å². The Morgan fingerprint density at radius 2 is 0.333 bits per heavy atom. The van der Waals surface area contributed by atoms with E-state index in [0.717, 1.165) is 0 Å². The van der Waals surface area contributed by atoms with Crippen molar-refractivity contribution < 1.29 is 21.1 Å². The summed E-state index contributed by atoms with van der Waals surface area (Å²) in [6.07, 6.45) is 0. The van der Waals surface area contributed by atoms with Gasteiger partial charge in [-0.3, -0.25) is 0 Å². The Kier molecular flexibility index (Phi) is 275. The van der Waals surface area contributed by atoms with Crippen molar-refractivity contribution >= 4 is 120 Å². The molecule has 0 heterocycles. The third kappa shape index (κ3) is 23.9. The van der Waals surface area contributed by atoms with Gasteiger partial charge in [0, 0.05) is 21.1 Å². The molecule has 0 fully saturated rings. The van der Waals surface area contributed by atoms with Crippen LogP contribution >= 0.6 is 120 Å². The summed E-state index contributed by atoms with van der Waals surface area (Å²) in [5, 5.41) is 0. The molecule has 0 nitrogen and oxygen atoms in total. The fourth-order valence-corrected chi connectivity index (χ4v) is 0. The topological polar surface area (TPSA) is 0 Å². The first-order valence-corrected chi connectivity index (χ1v) is 0. The van der Waals surface area contributed by atoms with E-state index >= 15 is 0 Å². The Morgan fingerprint density at radius 3 is 0.333 bits per heavy atom. The molecule has 0 aliphatic heterocycles. The van der Waals surface area contributed by atoms with Gasteiger partial charge in [0.15, 0.2) is 0 Å². The van der Waals surface area contributed by atoms with E-state index in [9.17, 15) is 0 Å². The fourth-order valence-electron chi connectivity index (χ4n) is 0. The molecular formula is H5I5W. The molecule has 0 radical (unpaired) electrons.